The highest BCUT2D eigenvalue weighted by Crippen LogP contribution is 2.38. The molecule has 0 aliphatic carbocycles. The molecule has 8 heteroatoms. The second kappa shape index (κ2) is 7.88. The first kappa shape index (κ1) is 18.4. The average molecular weight is 361 g/mol. The number of nitrogens with zero attached hydrogens (tertiary/aromatic N) is 3. The van der Waals surface area contributed by atoms with Crippen LogP contribution < -0.4 is 5.32 Å². The summed E-state index contributed by atoms with van der Waals surface area (Å²) in [5, 5.41) is 2.58. The lowest BCUT2D eigenvalue weighted by Crippen LogP contribution is -2.56. The Bertz CT molecular complexity index is 660. The van der Waals surface area contributed by atoms with Crippen LogP contribution >= 0.6 is 0 Å². The molecule has 0 aromatic carbocycles. The zero-order chi connectivity index (χ0) is 18.6. The summed E-state index contributed by atoms with van der Waals surface area (Å²) in [6, 6.07) is 0. The second-order valence-corrected chi connectivity index (χ2v) is 7.47. The van der Waals surface area contributed by atoms with Gasteiger partial charge in [-0.1, -0.05) is 0 Å². The Morgan fingerprint density at radius 2 is 2.19 bits per heavy atom. The Balaban J connectivity index is 1.59. The molecule has 8 nitrogen and oxygen atoms in total. The van der Waals surface area contributed by atoms with Crippen molar-refractivity contribution < 1.29 is 14.4 Å². The fourth-order valence-corrected chi connectivity index (χ4v) is 4.05. The van der Waals surface area contributed by atoms with Gasteiger partial charge in [0.15, 0.2) is 0 Å². The Hall–Kier alpha value is -2.38. The number of hydrogen-bond donors (Lipinski definition) is 2. The molecule has 0 bridgehead atoms. The predicted octanol–water partition coefficient (Wildman–Crippen LogP) is 0.320. The van der Waals surface area contributed by atoms with Gasteiger partial charge in [0.05, 0.1) is 12.9 Å². The molecular weight excluding hydrogens is 334 g/mol. The van der Waals surface area contributed by atoms with Gasteiger partial charge in [-0.3, -0.25) is 14.4 Å². The van der Waals surface area contributed by atoms with Crippen molar-refractivity contribution in [2.45, 2.75) is 39.0 Å². The third-order valence-electron chi connectivity index (χ3n) is 5.46. The van der Waals surface area contributed by atoms with E-state index in [1.807, 2.05) is 9.80 Å². The number of H-pyrrole nitrogens is 1. The fraction of sp³-hybridized carbons (Fsp3) is 0.667. The van der Waals surface area contributed by atoms with Gasteiger partial charge in [0.25, 0.3) is 0 Å². The standard InChI is InChI=1S/C18H27N5O3/c1-14(24)20-10-17(26)22-7-2-5-18(11-22)6-3-16(25)23(12-18)8-4-15-9-19-13-21-15/h9,13H,2-8,10-12H2,1H3,(H,19,21)(H,20,24)/t18-/m0/s1. The number of amides is 3. The lowest BCUT2D eigenvalue weighted by atomic mass is 9.73. The van der Waals surface area contributed by atoms with Gasteiger partial charge in [0.2, 0.25) is 17.7 Å². The van der Waals surface area contributed by atoms with E-state index >= 15 is 0 Å². The van der Waals surface area contributed by atoms with Gasteiger partial charge >= 0.3 is 0 Å². The number of hydrogen-bond acceptors (Lipinski definition) is 4. The van der Waals surface area contributed by atoms with E-state index in [0.717, 1.165) is 37.9 Å². The smallest absolute Gasteiger partial charge is 0.241 e. The quantitative estimate of drug-likeness (QED) is 0.789. The average Bonchev–Trinajstić information content (AvgIpc) is 3.14. The molecule has 2 aliphatic heterocycles. The van der Waals surface area contributed by atoms with Crippen LogP contribution in [0.15, 0.2) is 12.5 Å². The van der Waals surface area contributed by atoms with Gasteiger partial charge in [0, 0.05) is 63.3 Å². The third-order valence-corrected chi connectivity index (χ3v) is 5.46. The maximum Gasteiger partial charge on any atom is 0.241 e. The topological polar surface area (TPSA) is 98.4 Å². The molecule has 142 valence electrons. The van der Waals surface area contributed by atoms with Crippen LogP contribution in [0.1, 0.15) is 38.3 Å². The Labute approximate surface area is 153 Å². The lowest BCUT2D eigenvalue weighted by Gasteiger charge is -2.48. The summed E-state index contributed by atoms with van der Waals surface area (Å²) in [5.41, 5.74) is 1.000. The molecule has 1 atom stereocenters. The number of imidazole rings is 1. The zero-order valence-electron chi connectivity index (χ0n) is 15.3. The van der Waals surface area contributed by atoms with Gasteiger partial charge in [-0.15, -0.1) is 0 Å². The van der Waals surface area contributed by atoms with E-state index < -0.39 is 0 Å². The number of carbonyl (C=O) groups is 3. The largest absolute Gasteiger partial charge is 0.348 e. The Kier molecular flexibility index (Phi) is 5.58. The normalized spacial score (nSPS) is 23.3. The number of nitrogens with one attached hydrogen (secondary N) is 2. The van der Waals surface area contributed by atoms with Crippen molar-refractivity contribution in [3.05, 3.63) is 18.2 Å². The molecule has 2 aliphatic rings. The molecule has 2 N–H and O–H groups in total. The van der Waals surface area contributed by atoms with Gasteiger partial charge < -0.3 is 20.1 Å². The van der Waals surface area contributed by atoms with Crippen molar-refractivity contribution >= 4 is 17.7 Å². The molecular formula is C18H27N5O3. The highest BCUT2D eigenvalue weighted by Gasteiger charge is 2.42. The van der Waals surface area contributed by atoms with Gasteiger partial charge in [-0.2, -0.15) is 0 Å². The molecule has 1 aromatic heterocycles. The van der Waals surface area contributed by atoms with Gasteiger partial charge in [-0.25, -0.2) is 4.98 Å². The first-order valence-corrected chi connectivity index (χ1v) is 9.25. The Morgan fingerprint density at radius 1 is 1.35 bits per heavy atom. The minimum Gasteiger partial charge on any atom is -0.348 e. The molecule has 2 saturated heterocycles. The number of rotatable bonds is 5. The number of likely N-dealkylation sites (tertiary alicyclic amines) is 2. The van der Waals surface area contributed by atoms with Crippen LogP contribution in [-0.2, 0) is 20.8 Å². The van der Waals surface area contributed by atoms with Crippen molar-refractivity contribution in [1.29, 1.82) is 0 Å². The molecule has 3 amide bonds. The highest BCUT2D eigenvalue weighted by atomic mass is 16.2. The van der Waals surface area contributed by atoms with Crippen molar-refractivity contribution in [2.24, 2.45) is 5.41 Å². The summed E-state index contributed by atoms with van der Waals surface area (Å²) in [6.07, 6.45) is 7.53. The molecule has 3 heterocycles. The van der Waals surface area contributed by atoms with E-state index in [4.69, 9.17) is 0 Å². The SMILES string of the molecule is CC(=O)NCC(=O)N1CCC[C@]2(CCC(=O)N(CCc3cnc[nH]3)C2)C1. The number of aromatic amines is 1. The molecule has 26 heavy (non-hydrogen) atoms. The lowest BCUT2D eigenvalue weighted by molar-refractivity contribution is -0.143. The summed E-state index contributed by atoms with van der Waals surface area (Å²) in [5.74, 6) is -0.0460. The van der Waals surface area contributed by atoms with Crippen LogP contribution in [0.2, 0.25) is 0 Å². The van der Waals surface area contributed by atoms with E-state index in [-0.39, 0.29) is 29.7 Å². The number of carbonyl (C=O) groups excluding carboxylic acids is 3. The highest BCUT2D eigenvalue weighted by molar-refractivity contribution is 5.84. The van der Waals surface area contributed by atoms with Crippen LogP contribution in [0.5, 0.6) is 0 Å². The summed E-state index contributed by atoms with van der Waals surface area (Å²) < 4.78 is 0. The molecule has 2 fully saturated rings. The summed E-state index contributed by atoms with van der Waals surface area (Å²) in [7, 11) is 0. The van der Waals surface area contributed by atoms with Crippen molar-refractivity contribution in [3.8, 4) is 0 Å². The molecule has 3 rings (SSSR count). The molecule has 0 unspecified atom stereocenters. The van der Waals surface area contributed by atoms with E-state index in [9.17, 15) is 14.4 Å². The van der Waals surface area contributed by atoms with Crippen LogP contribution in [-0.4, -0.2) is 70.2 Å². The summed E-state index contributed by atoms with van der Waals surface area (Å²) in [6.45, 7) is 4.22. The van der Waals surface area contributed by atoms with Gasteiger partial charge in [-0.05, 0) is 19.3 Å². The van der Waals surface area contributed by atoms with E-state index in [0.29, 0.717) is 26.1 Å². The minimum atomic E-state index is -0.196. The van der Waals surface area contributed by atoms with Crippen molar-refractivity contribution in [3.63, 3.8) is 0 Å². The van der Waals surface area contributed by atoms with Crippen LogP contribution in [0.4, 0.5) is 0 Å². The fourth-order valence-electron chi connectivity index (χ4n) is 4.05. The van der Waals surface area contributed by atoms with Crippen LogP contribution in [0.3, 0.4) is 0 Å². The monoisotopic (exact) mass is 361 g/mol. The van der Waals surface area contributed by atoms with Crippen LogP contribution in [0, 0.1) is 5.41 Å². The molecule has 1 aromatic rings. The molecule has 0 radical (unpaired) electrons. The van der Waals surface area contributed by atoms with E-state index in [1.54, 1.807) is 12.5 Å². The first-order valence-electron chi connectivity index (χ1n) is 9.25. The first-order chi connectivity index (χ1) is 12.5. The second-order valence-electron chi connectivity index (χ2n) is 7.47. The summed E-state index contributed by atoms with van der Waals surface area (Å²) in [4.78, 5) is 46.6. The molecule has 0 saturated carbocycles. The van der Waals surface area contributed by atoms with E-state index in [2.05, 4.69) is 15.3 Å². The Morgan fingerprint density at radius 3 is 2.92 bits per heavy atom. The maximum atomic E-state index is 12.4. The third kappa shape index (κ3) is 4.42. The number of aromatic nitrogens is 2. The van der Waals surface area contributed by atoms with Gasteiger partial charge in [0.1, 0.15) is 0 Å². The minimum absolute atomic E-state index is 0.0218. The maximum absolute atomic E-state index is 12.4. The molecule has 1 spiro atoms. The van der Waals surface area contributed by atoms with Crippen LogP contribution in [0.25, 0.3) is 0 Å². The zero-order valence-corrected chi connectivity index (χ0v) is 15.3. The van der Waals surface area contributed by atoms with Crippen molar-refractivity contribution in [1.82, 2.24) is 25.1 Å². The number of piperidine rings is 2. The summed E-state index contributed by atoms with van der Waals surface area (Å²) >= 11 is 0. The van der Waals surface area contributed by atoms with E-state index in [1.165, 1.54) is 6.92 Å². The van der Waals surface area contributed by atoms with Crippen molar-refractivity contribution in [2.75, 3.05) is 32.7 Å². The predicted molar refractivity (Wildman–Crippen MR) is 95.0 cm³/mol.